The van der Waals surface area contributed by atoms with Gasteiger partial charge in [-0.05, 0) is 49.6 Å². The van der Waals surface area contributed by atoms with E-state index in [0.29, 0.717) is 41.5 Å². The maximum atomic E-state index is 13.5. The fraction of sp³-hybridized carbons (Fsp3) is 0.355. The van der Waals surface area contributed by atoms with Crippen molar-refractivity contribution in [3.05, 3.63) is 75.8 Å². The number of benzene rings is 2. The van der Waals surface area contributed by atoms with Crippen LogP contribution in [0.25, 0.3) is 5.76 Å². The van der Waals surface area contributed by atoms with E-state index in [1.54, 1.807) is 55.5 Å². The van der Waals surface area contributed by atoms with Crippen molar-refractivity contribution in [1.82, 2.24) is 4.98 Å². The maximum Gasteiger partial charge on any atom is 0.350 e. The predicted molar refractivity (Wildman–Crippen MR) is 157 cm³/mol. The third-order valence-corrected chi connectivity index (χ3v) is 7.78. The first-order valence-electron chi connectivity index (χ1n) is 13.6. The molecule has 4 rings (SSSR count). The topological polar surface area (TPSA) is 115 Å². The van der Waals surface area contributed by atoms with Crippen LogP contribution in [0.2, 0.25) is 0 Å². The van der Waals surface area contributed by atoms with Gasteiger partial charge < -0.3 is 19.3 Å². The molecule has 1 amide bonds. The number of amides is 1. The van der Waals surface area contributed by atoms with Crippen molar-refractivity contribution in [3.63, 3.8) is 0 Å². The van der Waals surface area contributed by atoms with Crippen molar-refractivity contribution in [2.45, 2.75) is 52.5 Å². The minimum absolute atomic E-state index is 0.0900. The molecule has 1 aliphatic heterocycles. The van der Waals surface area contributed by atoms with Crippen molar-refractivity contribution in [2.24, 2.45) is 0 Å². The summed E-state index contributed by atoms with van der Waals surface area (Å²) in [7, 11) is 1.26. The molecule has 9 nitrogen and oxygen atoms in total. The summed E-state index contributed by atoms with van der Waals surface area (Å²) in [6.45, 7) is 6.86. The van der Waals surface area contributed by atoms with Crippen molar-refractivity contribution < 1.29 is 33.7 Å². The molecule has 0 saturated carbocycles. The molecular formula is C31H34N2O7S. The molecule has 10 heteroatoms. The number of hydrogen-bond acceptors (Lipinski definition) is 9. The summed E-state index contributed by atoms with van der Waals surface area (Å²) in [4.78, 5) is 45.2. The van der Waals surface area contributed by atoms with Gasteiger partial charge in [0.25, 0.3) is 5.78 Å². The molecule has 0 bridgehead atoms. The van der Waals surface area contributed by atoms with Gasteiger partial charge in [0.1, 0.15) is 22.1 Å². The van der Waals surface area contributed by atoms with Crippen LogP contribution >= 0.6 is 11.3 Å². The number of aromatic nitrogens is 1. The number of aliphatic hydroxyl groups is 1. The van der Waals surface area contributed by atoms with Gasteiger partial charge in [-0.3, -0.25) is 14.5 Å². The van der Waals surface area contributed by atoms with Crippen LogP contribution in [0.5, 0.6) is 11.5 Å². The second-order valence-corrected chi connectivity index (χ2v) is 10.6. The molecule has 41 heavy (non-hydrogen) atoms. The van der Waals surface area contributed by atoms with Gasteiger partial charge in [-0.1, -0.05) is 62.3 Å². The molecule has 1 N–H and O–H groups in total. The van der Waals surface area contributed by atoms with Crippen LogP contribution in [0.4, 0.5) is 5.13 Å². The molecule has 1 saturated heterocycles. The Bertz CT molecular complexity index is 1440. The standard InChI is InChI=1S/C31H34N2O7S/c1-5-7-16-39-22-14-12-20(13-15-22)25-24(26(34)21-10-9-11-23(18-21)40-17-8-6-2)27(35)29(36)33(25)31-32-19(3)28(41-31)30(37)38-4/h9-15,18,25,34H,5-8,16-17H2,1-4H3/b26-24+. The fourth-order valence-electron chi connectivity index (χ4n) is 4.42. The molecule has 216 valence electrons. The molecule has 2 aromatic carbocycles. The summed E-state index contributed by atoms with van der Waals surface area (Å²) in [5.41, 5.74) is 1.19. The first-order valence-corrected chi connectivity index (χ1v) is 14.4. The van der Waals surface area contributed by atoms with Crippen LogP contribution < -0.4 is 14.4 Å². The lowest BCUT2D eigenvalue weighted by Gasteiger charge is -2.23. The number of aryl methyl sites for hydroxylation is 1. The number of unbranched alkanes of at least 4 members (excludes halogenated alkanes) is 2. The number of nitrogens with zero attached hydrogens (tertiary/aromatic N) is 2. The molecule has 0 radical (unpaired) electrons. The van der Waals surface area contributed by atoms with Crippen LogP contribution in [-0.2, 0) is 14.3 Å². The summed E-state index contributed by atoms with van der Waals surface area (Å²) >= 11 is 0.952. The summed E-state index contributed by atoms with van der Waals surface area (Å²) in [6, 6.07) is 12.8. The van der Waals surface area contributed by atoms with Gasteiger partial charge in [-0.25, -0.2) is 9.78 Å². The lowest BCUT2D eigenvalue weighted by molar-refractivity contribution is -0.132. The Balaban J connectivity index is 1.81. The van der Waals surface area contributed by atoms with Crippen LogP contribution in [-0.4, -0.2) is 48.1 Å². The van der Waals surface area contributed by atoms with E-state index in [2.05, 4.69) is 18.8 Å². The number of methoxy groups -OCH3 is 1. The quantitative estimate of drug-likeness (QED) is 0.0885. The van der Waals surface area contributed by atoms with Gasteiger partial charge in [0.15, 0.2) is 5.13 Å². The SMILES string of the molecule is CCCCOc1ccc(C2/C(=C(\O)c3cccc(OCCCC)c3)C(=O)C(=O)N2c2nc(C)c(C(=O)OC)s2)cc1. The van der Waals surface area contributed by atoms with E-state index >= 15 is 0 Å². The number of esters is 1. The Morgan fingerprint density at radius 2 is 1.66 bits per heavy atom. The van der Waals surface area contributed by atoms with E-state index in [9.17, 15) is 19.5 Å². The van der Waals surface area contributed by atoms with Gasteiger partial charge in [-0.2, -0.15) is 0 Å². The highest BCUT2D eigenvalue weighted by Gasteiger charge is 2.48. The smallest absolute Gasteiger partial charge is 0.350 e. The van der Waals surface area contributed by atoms with Crippen LogP contribution in [0.15, 0.2) is 54.1 Å². The third kappa shape index (κ3) is 6.43. The van der Waals surface area contributed by atoms with Gasteiger partial charge in [0, 0.05) is 5.56 Å². The molecular weight excluding hydrogens is 544 g/mol. The summed E-state index contributed by atoms with van der Waals surface area (Å²) in [5, 5.41) is 11.6. The van der Waals surface area contributed by atoms with Crippen molar-refractivity contribution in [3.8, 4) is 11.5 Å². The van der Waals surface area contributed by atoms with E-state index in [1.807, 2.05) is 0 Å². The van der Waals surface area contributed by atoms with Crippen LogP contribution in [0.1, 0.15) is 72.1 Å². The number of Topliss-reactive ketones (excluding diaryl/α,β-unsaturated/α-hetero) is 1. The van der Waals surface area contributed by atoms with E-state index < -0.39 is 23.7 Å². The van der Waals surface area contributed by atoms with E-state index in [4.69, 9.17) is 14.2 Å². The Morgan fingerprint density at radius 3 is 2.29 bits per heavy atom. The molecule has 1 aliphatic rings. The largest absolute Gasteiger partial charge is 0.507 e. The molecule has 1 atom stereocenters. The van der Waals surface area contributed by atoms with E-state index in [1.165, 1.54) is 12.0 Å². The Hall–Kier alpha value is -4.18. The Kier molecular flexibility index (Phi) is 9.78. The number of hydrogen-bond donors (Lipinski definition) is 1. The summed E-state index contributed by atoms with van der Waals surface area (Å²) in [6.07, 6.45) is 3.76. The van der Waals surface area contributed by atoms with Gasteiger partial charge in [-0.15, -0.1) is 0 Å². The molecule has 1 aromatic heterocycles. The summed E-state index contributed by atoms with van der Waals surface area (Å²) < 4.78 is 16.4. The van der Waals surface area contributed by atoms with Gasteiger partial charge in [0.2, 0.25) is 0 Å². The number of rotatable bonds is 12. The Morgan fingerprint density at radius 1 is 1.00 bits per heavy atom. The van der Waals surface area contributed by atoms with Gasteiger partial charge in [0.05, 0.1) is 37.6 Å². The average molecular weight is 579 g/mol. The first-order chi connectivity index (χ1) is 19.8. The lowest BCUT2D eigenvalue weighted by atomic mass is 9.95. The minimum atomic E-state index is -1.000. The zero-order chi connectivity index (χ0) is 29.5. The third-order valence-electron chi connectivity index (χ3n) is 6.64. The molecule has 0 spiro atoms. The molecule has 3 aromatic rings. The molecule has 1 unspecified atom stereocenters. The number of thiazole rings is 1. The highest BCUT2D eigenvalue weighted by Crippen LogP contribution is 2.44. The number of ketones is 1. The monoisotopic (exact) mass is 578 g/mol. The first kappa shape index (κ1) is 29.8. The highest BCUT2D eigenvalue weighted by atomic mass is 32.1. The zero-order valence-corrected chi connectivity index (χ0v) is 24.5. The van der Waals surface area contributed by atoms with E-state index in [-0.39, 0.29) is 21.3 Å². The second kappa shape index (κ2) is 13.5. The second-order valence-electron chi connectivity index (χ2n) is 9.57. The zero-order valence-electron chi connectivity index (χ0n) is 23.6. The summed E-state index contributed by atoms with van der Waals surface area (Å²) in [5.74, 6) is -1.45. The minimum Gasteiger partial charge on any atom is -0.507 e. The Labute approximate surface area is 243 Å². The number of ether oxygens (including phenoxy) is 3. The molecule has 2 heterocycles. The predicted octanol–water partition coefficient (Wildman–Crippen LogP) is 6.22. The lowest BCUT2D eigenvalue weighted by Crippen LogP contribution is -2.29. The number of carbonyl (C=O) groups is 3. The molecule has 0 aliphatic carbocycles. The normalized spacial score (nSPS) is 16.2. The number of anilines is 1. The van der Waals surface area contributed by atoms with E-state index in [0.717, 1.165) is 37.0 Å². The highest BCUT2D eigenvalue weighted by molar-refractivity contribution is 7.17. The van der Waals surface area contributed by atoms with Crippen LogP contribution in [0, 0.1) is 6.92 Å². The van der Waals surface area contributed by atoms with Crippen molar-refractivity contribution in [2.75, 3.05) is 25.2 Å². The van der Waals surface area contributed by atoms with Crippen molar-refractivity contribution in [1.29, 1.82) is 0 Å². The average Bonchev–Trinajstić information content (AvgIpc) is 3.49. The van der Waals surface area contributed by atoms with Gasteiger partial charge >= 0.3 is 11.9 Å². The number of aliphatic hydroxyl groups excluding tert-OH is 1. The number of carbonyl (C=O) groups excluding carboxylic acids is 3. The molecule has 1 fully saturated rings. The maximum absolute atomic E-state index is 13.5. The fourth-order valence-corrected chi connectivity index (χ4v) is 5.43. The van der Waals surface area contributed by atoms with Crippen LogP contribution in [0.3, 0.4) is 0 Å². The van der Waals surface area contributed by atoms with Crippen molar-refractivity contribution >= 4 is 39.9 Å².